The summed E-state index contributed by atoms with van der Waals surface area (Å²) in [6.07, 6.45) is 2.01. The Bertz CT molecular complexity index is 294. The molecule has 0 amide bonds. The monoisotopic (exact) mass is 228 g/mol. The molecule has 1 N–H and O–H groups in total. The van der Waals surface area contributed by atoms with Crippen LogP contribution in [0.4, 0.5) is 5.95 Å². The van der Waals surface area contributed by atoms with E-state index in [0.29, 0.717) is 0 Å². The third-order valence-corrected chi connectivity index (χ3v) is 2.52. The zero-order chi connectivity index (χ0) is 11.7. The molecule has 0 atom stereocenters. The van der Waals surface area contributed by atoms with Gasteiger partial charge in [-0.2, -0.15) is 0 Å². The molecular formula is C10H20N4S. The van der Waals surface area contributed by atoms with Crippen molar-refractivity contribution in [2.45, 2.75) is 26.5 Å². The molecule has 0 aliphatic heterocycles. The number of anilines is 1. The highest BCUT2D eigenvalue weighted by Gasteiger charge is 2.05. The fourth-order valence-electron chi connectivity index (χ4n) is 0.924. The van der Waals surface area contributed by atoms with E-state index in [1.807, 2.05) is 50.9 Å². The molecule has 1 aromatic rings. The van der Waals surface area contributed by atoms with Crippen LogP contribution in [0, 0.1) is 0 Å². The zero-order valence-electron chi connectivity index (χ0n) is 10.1. The molecule has 0 fully saturated rings. The lowest BCUT2D eigenvalue weighted by Crippen LogP contribution is -2.01. The summed E-state index contributed by atoms with van der Waals surface area (Å²) in [5.41, 5.74) is 0. The lowest BCUT2D eigenvalue weighted by Gasteiger charge is -2.00. The number of nitrogens with zero attached hydrogens (tertiary/aromatic N) is 3. The Hall–Kier alpha value is -0.970. The van der Waals surface area contributed by atoms with Crippen molar-refractivity contribution in [3.8, 4) is 0 Å². The first-order chi connectivity index (χ1) is 7.29. The Morgan fingerprint density at radius 1 is 1.40 bits per heavy atom. The Balaban J connectivity index is 0.000000921. The quantitative estimate of drug-likeness (QED) is 0.860. The molecule has 86 valence electrons. The fraction of sp³-hybridized carbons (Fsp3) is 0.600. The van der Waals surface area contributed by atoms with Gasteiger partial charge in [0.05, 0.1) is 5.75 Å². The second-order valence-electron chi connectivity index (χ2n) is 2.53. The summed E-state index contributed by atoms with van der Waals surface area (Å²) in [5, 5.41) is 13.0. The van der Waals surface area contributed by atoms with Crippen LogP contribution in [0.3, 0.4) is 0 Å². The van der Waals surface area contributed by atoms with Crippen LogP contribution in [0.15, 0.2) is 11.5 Å². The topological polar surface area (TPSA) is 42.7 Å². The summed E-state index contributed by atoms with van der Waals surface area (Å²) >= 11 is 1.71. The summed E-state index contributed by atoms with van der Waals surface area (Å²) in [6.45, 7) is 6.00. The van der Waals surface area contributed by atoms with E-state index in [2.05, 4.69) is 15.5 Å². The summed E-state index contributed by atoms with van der Waals surface area (Å²) in [5.74, 6) is 2.64. The molecule has 0 spiro atoms. The van der Waals surface area contributed by atoms with Gasteiger partial charge >= 0.3 is 0 Å². The fourth-order valence-corrected chi connectivity index (χ4v) is 1.61. The number of hydrogen-bond donors (Lipinski definition) is 1. The lowest BCUT2D eigenvalue weighted by atomic mass is 10.7. The summed E-state index contributed by atoms with van der Waals surface area (Å²) in [7, 11) is 3.80. The van der Waals surface area contributed by atoms with E-state index in [1.54, 1.807) is 11.8 Å². The molecule has 4 nitrogen and oxygen atoms in total. The first-order valence-corrected chi connectivity index (χ1v) is 6.13. The van der Waals surface area contributed by atoms with Gasteiger partial charge in [-0.15, -0.1) is 22.0 Å². The smallest absolute Gasteiger partial charge is 0.224 e. The van der Waals surface area contributed by atoms with Crippen molar-refractivity contribution < 1.29 is 0 Å². The Morgan fingerprint density at radius 3 is 2.53 bits per heavy atom. The van der Waals surface area contributed by atoms with Gasteiger partial charge < -0.3 is 5.32 Å². The highest BCUT2D eigenvalue weighted by atomic mass is 32.2. The maximum absolute atomic E-state index is 4.05. The molecule has 0 saturated carbocycles. The van der Waals surface area contributed by atoms with Crippen molar-refractivity contribution in [3.05, 3.63) is 17.3 Å². The number of rotatable bonds is 4. The normalized spacial score (nSPS) is 9.93. The molecule has 5 heteroatoms. The third-order valence-electron chi connectivity index (χ3n) is 1.63. The minimum atomic E-state index is 0.802. The molecule has 1 rings (SSSR count). The van der Waals surface area contributed by atoms with Gasteiger partial charge in [-0.1, -0.05) is 19.9 Å². The van der Waals surface area contributed by atoms with E-state index in [4.69, 9.17) is 0 Å². The average Bonchev–Trinajstić information content (AvgIpc) is 2.63. The molecule has 0 saturated heterocycles. The standard InChI is InChI=1S/C8H14N4S.C2H6/c1-4-5-13-6-7-10-11-8(9-2)12(7)3;1-2/h4-5H,6H2,1-3H3,(H,9,11);1-2H3/b5-4-;. The van der Waals surface area contributed by atoms with E-state index >= 15 is 0 Å². The molecule has 0 unspecified atom stereocenters. The summed E-state index contributed by atoms with van der Waals surface area (Å²) in [6, 6.07) is 0. The van der Waals surface area contributed by atoms with Crippen molar-refractivity contribution in [2.75, 3.05) is 12.4 Å². The molecule has 0 aromatic carbocycles. The predicted molar refractivity (Wildman–Crippen MR) is 68.0 cm³/mol. The number of aromatic nitrogens is 3. The van der Waals surface area contributed by atoms with Gasteiger partial charge in [0.2, 0.25) is 5.95 Å². The highest BCUT2D eigenvalue weighted by Crippen LogP contribution is 2.13. The number of hydrogen-bond acceptors (Lipinski definition) is 4. The first-order valence-electron chi connectivity index (χ1n) is 5.08. The first kappa shape index (κ1) is 14.0. The van der Waals surface area contributed by atoms with Crippen LogP contribution in [-0.4, -0.2) is 21.8 Å². The van der Waals surface area contributed by atoms with Gasteiger partial charge in [-0.25, -0.2) is 0 Å². The van der Waals surface area contributed by atoms with Gasteiger partial charge in [0.15, 0.2) is 0 Å². The third kappa shape index (κ3) is 4.38. The van der Waals surface area contributed by atoms with Crippen LogP contribution < -0.4 is 5.32 Å². The molecule has 0 aliphatic carbocycles. The van der Waals surface area contributed by atoms with E-state index in [1.165, 1.54) is 0 Å². The molecule has 15 heavy (non-hydrogen) atoms. The molecular weight excluding hydrogens is 208 g/mol. The minimum Gasteiger partial charge on any atom is -0.357 e. The number of allylic oxidation sites excluding steroid dienone is 1. The number of thioether (sulfide) groups is 1. The van der Waals surface area contributed by atoms with Crippen molar-refractivity contribution >= 4 is 17.7 Å². The van der Waals surface area contributed by atoms with Crippen molar-refractivity contribution in [2.24, 2.45) is 7.05 Å². The predicted octanol–water partition coefficient (Wildman–Crippen LogP) is 2.65. The van der Waals surface area contributed by atoms with Gasteiger partial charge in [0.1, 0.15) is 5.82 Å². The Morgan fingerprint density at radius 2 is 2.07 bits per heavy atom. The van der Waals surface area contributed by atoms with E-state index in [9.17, 15) is 0 Å². The highest BCUT2D eigenvalue weighted by molar-refractivity contribution is 8.01. The molecule has 0 aliphatic rings. The second-order valence-corrected chi connectivity index (χ2v) is 3.42. The van der Waals surface area contributed by atoms with Crippen LogP contribution in [0.2, 0.25) is 0 Å². The largest absolute Gasteiger partial charge is 0.357 e. The van der Waals surface area contributed by atoms with Crippen molar-refractivity contribution in [1.29, 1.82) is 0 Å². The van der Waals surface area contributed by atoms with Gasteiger partial charge in [0.25, 0.3) is 0 Å². The van der Waals surface area contributed by atoms with Crippen LogP contribution in [0.5, 0.6) is 0 Å². The van der Waals surface area contributed by atoms with Crippen molar-refractivity contribution in [1.82, 2.24) is 14.8 Å². The van der Waals surface area contributed by atoms with E-state index in [0.717, 1.165) is 17.5 Å². The molecule has 1 heterocycles. The molecule has 1 aromatic heterocycles. The van der Waals surface area contributed by atoms with Gasteiger partial charge in [-0.05, 0) is 12.3 Å². The Labute approximate surface area is 96.2 Å². The van der Waals surface area contributed by atoms with Crippen LogP contribution in [-0.2, 0) is 12.8 Å². The van der Waals surface area contributed by atoms with E-state index in [-0.39, 0.29) is 0 Å². The molecule has 0 bridgehead atoms. The van der Waals surface area contributed by atoms with Gasteiger partial charge in [0, 0.05) is 14.1 Å². The maximum Gasteiger partial charge on any atom is 0.224 e. The second kappa shape index (κ2) is 8.35. The Kier molecular flexibility index (Phi) is 7.81. The van der Waals surface area contributed by atoms with Crippen LogP contribution >= 0.6 is 11.8 Å². The minimum absolute atomic E-state index is 0.802. The number of nitrogens with one attached hydrogen (secondary N) is 1. The SMILES string of the molecule is C/C=C\SCc1nnc(NC)n1C.CC. The average molecular weight is 228 g/mol. The maximum atomic E-state index is 4.05. The van der Waals surface area contributed by atoms with Crippen LogP contribution in [0.1, 0.15) is 26.6 Å². The van der Waals surface area contributed by atoms with E-state index < -0.39 is 0 Å². The lowest BCUT2D eigenvalue weighted by molar-refractivity contribution is 0.855. The van der Waals surface area contributed by atoms with Gasteiger partial charge in [-0.3, -0.25) is 4.57 Å². The van der Waals surface area contributed by atoms with Crippen LogP contribution in [0.25, 0.3) is 0 Å². The summed E-state index contributed by atoms with van der Waals surface area (Å²) < 4.78 is 1.95. The summed E-state index contributed by atoms with van der Waals surface area (Å²) in [4.78, 5) is 0. The zero-order valence-corrected chi connectivity index (χ0v) is 10.9. The molecule has 0 radical (unpaired) electrons. The van der Waals surface area contributed by atoms with Crippen molar-refractivity contribution in [3.63, 3.8) is 0 Å².